The Hall–Kier alpha value is -1.73. The van der Waals surface area contributed by atoms with Gasteiger partial charge in [0.25, 0.3) is 0 Å². The number of urea groups is 1. The van der Waals surface area contributed by atoms with Crippen molar-refractivity contribution in [1.29, 1.82) is 0 Å². The Morgan fingerprint density at radius 2 is 2.10 bits per heavy atom. The van der Waals surface area contributed by atoms with Crippen LogP contribution in [0.5, 0.6) is 0 Å². The van der Waals surface area contributed by atoms with E-state index < -0.39 is 18.8 Å². The van der Waals surface area contributed by atoms with Gasteiger partial charge in [0.2, 0.25) is 0 Å². The molecule has 2 amide bonds. The highest BCUT2D eigenvalue weighted by Gasteiger charge is 2.27. The lowest BCUT2D eigenvalue weighted by atomic mass is 10.1. The number of hydrogen-bond acceptors (Lipinski definition) is 6. The highest BCUT2D eigenvalue weighted by molar-refractivity contribution is 8.81. The zero-order valence-corrected chi connectivity index (χ0v) is 18.2. The minimum atomic E-state index is -4.46. The topological polar surface area (TPSA) is 70.5 Å². The van der Waals surface area contributed by atoms with E-state index in [1.165, 1.54) is 0 Å². The van der Waals surface area contributed by atoms with Crippen molar-refractivity contribution in [2.24, 2.45) is 0 Å². The number of imidazole rings is 1. The number of nitrogens with one attached hydrogen (secondary N) is 3. The summed E-state index contributed by atoms with van der Waals surface area (Å²) in [6.45, 7) is -1.39. The number of benzene rings is 1. The molecule has 1 aliphatic heterocycles. The quantitative estimate of drug-likeness (QED) is 0.322. The summed E-state index contributed by atoms with van der Waals surface area (Å²) in [7, 11) is 3.33. The second kappa shape index (κ2) is 9.60. The normalized spacial score (nSPS) is 16.3. The molecule has 0 aliphatic carbocycles. The highest BCUT2D eigenvalue weighted by atomic mass is 35.5. The van der Waals surface area contributed by atoms with Crippen LogP contribution in [0.3, 0.4) is 0 Å². The largest absolute Gasteiger partial charge is 0.405 e. The SMILES string of the molecule is Cl.O=C(NCC(F)(F)F)Nc1cccc(-c2cnc3cc(C4SNSS4)ccn23)c1. The third-order valence-corrected chi connectivity index (χ3v) is 8.11. The summed E-state index contributed by atoms with van der Waals surface area (Å²) < 4.78 is 42.0. The van der Waals surface area contributed by atoms with Crippen LogP contribution < -0.4 is 14.8 Å². The Morgan fingerprint density at radius 1 is 1.27 bits per heavy atom. The molecule has 0 spiro atoms. The predicted octanol–water partition coefficient (Wildman–Crippen LogP) is 5.65. The summed E-state index contributed by atoms with van der Waals surface area (Å²) in [5.41, 5.74) is 3.91. The standard InChI is InChI=1S/C17H14F3N5OS3.ClH/c18-17(19,20)9-22-16(26)23-12-3-1-2-10(6-12)13-8-21-14-7-11(4-5-25(13)14)15-27-24-29-28-15;/h1-8,15,24H,9H2,(H2,22,23,26);1H. The fraction of sp³-hybridized carbons (Fsp3) is 0.176. The van der Waals surface area contributed by atoms with E-state index in [9.17, 15) is 18.0 Å². The predicted molar refractivity (Wildman–Crippen MR) is 120 cm³/mol. The number of nitrogens with zero attached hydrogens (tertiary/aromatic N) is 2. The molecule has 1 saturated heterocycles. The fourth-order valence-corrected chi connectivity index (χ4v) is 6.55. The maximum Gasteiger partial charge on any atom is 0.405 e. The summed E-state index contributed by atoms with van der Waals surface area (Å²) in [4.78, 5) is 16.1. The molecule has 1 fully saturated rings. The molecule has 13 heteroatoms. The van der Waals surface area contributed by atoms with Crippen molar-refractivity contribution >= 4 is 63.5 Å². The molecule has 1 aliphatic rings. The first-order valence-corrected chi connectivity index (χ1v) is 11.4. The smallest absolute Gasteiger partial charge is 0.329 e. The lowest BCUT2D eigenvalue weighted by molar-refractivity contribution is -0.122. The summed E-state index contributed by atoms with van der Waals surface area (Å²) in [6, 6.07) is 10.00. The molecule has 0 bridgehead atoms. The second-order valence-electron chi connectivity index (χ2n) is 6.05. The third-order valence-electron chi connectivity index (χ3n) is 4.00. The van der Waals surface area contributed by atoms with Crippen LogP contribution >= 0.6 is 46.1 Å². The van der Waals surface area contributed by atoms with Gasteiger partial charge in [-0.25, -0.2) is 9.78 Å². The molecule has 1 atom stereocenters. The highest BCUT2D eigenvalue weighted by Crippen LogP contribution is 2.51. The number of rotatable bonds is 4. The average Bonchev–Trinajstić information content (AvgIpc) is 3.35. The van der Waals surface area contributed by atoms with Crippen molar-refractivity contribution in [2.75, 3.05) is 11.9 Å². The number of hydrogen-bond donors (Lipinski definition) is 3. The first kappa shape index (κ1) is 22.9. The molecular formula is C17H15ClF3N5OS3. The maximum atomic E-state index is 12.2. The van der Waals surface area contributed by atoms with E-state index in [1.807, 2.05) is 28.8 Å². The lowest BCUT2D eigenvalue weighted by Crippen LogP contribution is -2.36. The Balaban J connectivity index is 0.00000256. The van der Waals surface area contributed by atoms with Crippen molar-refractivity contribution in [2.45, 2.75) is 10.8 Å². The Bertz CT molecular complexity index is 1040. The Labute approximate surface area is 188 Å². The number of carbonyl (C=O) groups excluding carboxylic acids is 1. The zero-order chi connectivity index (χ0) is 20.4. The van der Waals surface area contributed by atoms with Gasteiger partial charge in [0, 0.05) is 28.4 Å². The Kier molecular flexibility index (Phi) is 7.34. The van der Waals surface area contributed by atoms with Crippen LogP contribution in [0.2, 0.25) is 0 Å². The summed E-state index contributed by atoms with van der Waals surface area (Å²) in [5.74, 6) is 0. The van der Waals surface area contributed by atoms with Crippen LogP contribution in [-0.4, -0.2) is 28.1 Å². The Morgan fingerprint density at radius 3 is 2.83 bits per heavy atom. The van der Waals surface area contributed by atoms with Crippen molar-refractivity contribution in [3.8, 4) is 11.3 Å². The van der Waals surface area contributed by atoms with Crippen LogP contribution in [0.1, 0.15) is 10.1 Å². The average molecular weight is 494 g/mol. The zero-order valence-electron chi connectivity index (χ0n) is 15.0. The summed E-state index contributed by atoms with van der Waals surface area (Å²) in [5, 5.41) is 4.20. The molecule has 3 heterocycles. The number of pyridine rings is 1. The first-order chi connectivity index (χ1) is 13.9. The lowest BCUT2D eigenvalue weighted by Gasteiger charge is -2.11. The first-order valence-electron chi connectivity index (χ1n) is 8.31. The van der Waals surface area contributed by atoms with E-state index in [0.29, 0.717) is 5.69 Å². The van der Waals surface area contributed by atoms with E-state index in [4.69, 9.17) is 0 Å². The van der Waals surface area contributed by atoms with Crippen molar-refractivity contribution in [3.63, 3.8) is 0 Å². The van der Waals surface area contributed by atoms with E-state index in [1.54, 1.807) is 63.4 Å². The van der Waals surface area contributed by atoms with Gasteiger partial charge in [0.1, 0.15) is 16.8 Å². The molecule has 4 rings (SSSR count). The van der Waals surface area contributed by atoms with Gasteiger partial charge in [-0.2, -0.15) is 17.3 Å². The van der Waals surface area contributed by atoms with E-state index in [0.717, 1.165) is 22.5 Å². The molecule has 160 valence electrons. The van der Waals surface area contributed by atoms with Crippen LogP contribution in [-0.2, 0) is 0 Å². The molecule has 2 aromatic heterocycles. The molecule has 6 nitrogen and oxygen atoms in total. The number of halogens is 4. The van der Waals surface area contributed by atoms with Gasteiger partial charge in [-0.3, -0.25) is 4.40 Å². The molecule has 1 unspecified atom stereocenters. The molecule has 1 aromatic carbocycles. The third kappa shape index (κ3) is 5.49. The number of amides is 2. The number of alkyl halides is 3. The maximum absolute atomic E-state index is 12.2. The minimum absolute atomic E-state index is 0. The van der Waals surface area contributed by atoms with Crippen molar-refractivity contribution < 1.29 is 18.0 Å². The van der Waals surface area contributed by atoms with Crippen molar-refractivity contribution in [1.82, 2.24) is 18.8 Å². The number of anilines is 1. The van der Waals surface area contributed by atoms with Crippen LogP contribution in [0, 0.1) is 0 Å². The molecule has 3 aromatic rings. The molecule has 3 N–H and O–H groups in total. The fourth-order valence-electron chi connectivity index (χ4n) is 2.74. The molecule has 30 heavy (non-hydrogen) atoms. The van der Waals surface area contributed by atoms with Gasteiger partial charge in [0.05, 0.1) is 11.9 Å². The molecule has 0 saturated carbocycles. The van der Waals surface area contributed by atoms with Gasteiger partial charge < -0.3 is 10.6 Å². The minimum Gasteiger partial charge on any atom is -0.329 e. The monoisotopic (exact) mass is 493 g/mol. The van der Waals surface area contributed by atoms with Crippen LogP contribution in [0.15, 0.2) is 48.8 Å². The van der Waals surface area contributed by atoms with Crippen molar-refractivity contribution in [3.05, 3.63) is 54.4 Å². The number of fused-ring (bicyclic) bond motifs is 1. The second-order valence-corrected chi connectivity index (χ2v) is 9.63. The van der Waals surface area contributed by atoms with E-state index in [2.05, 4.69) is 14.4 Å². The van der Waals surface area contributed by atoms with Gasteiger partial charge in [0.15, 0.2) is 0 Å². The van der Waals surface area contributed by atoms with Gasteiger partial charge in [-0.15, -0.1) is 12.4 Å². The van der Waals surface area contributed by atoms with Gasteiger partial charge in [-0.1, -0.05) is 34.9 Å². The van der Waals surface area contributed by atoms with Crippen LogP contribution in [0.4, 0.5) is 23.7 Å². The van der Waals surface area contributed by atoms with E-state index >= 15 is 0 Å². The van der Waals surface area contributed by atoms with Gasteiger partial charge in [-0.05, 0) is 29.8 Å². The van der Waals surface area contributed by atoms with E-state index in [-0.39, 0.29) is 17.0 Å². The van der Waals surface area contributed by atoms with Crippen LogP contribution in [0.25, 0.3) is 16.9 Å². The summed E-state index contributed by atoms with van der Waals surface area (Å²) >= 11 is 1.64. The summed E-state index contributed by atoms with van der Waals surface area (Å²) in [6.07, 6.45) is -0.796. The molecule has 0 radical (unpaired) electrons. The molecular weight excluding hydrogens is 479 g/mol. The number of aromatic nitrogens is 2. The van der Waals surface area contributed by atoms with Gasteiger partial charge >= 0.3 is 12.2 Å². The number of carbonyl (C=O) groups is 1.